The van der Waals surface area contributed by atoms with Crippen molar-refractivity contribution in [2.75, 3.05) is 5.06 Å². The number of amides is 1. The van der Waals surface area contributed by atoms with Crippen molar-refractivity contribution in [3.05, 3.63) is 99.9 Å². The molecule has 178 valence electrons. The van der Waals surface area contributed by atoms with Gasteiger partial charge in [0.1, 0.15) is 0 Å². The number of hydrogen-bond donors (Lipinski definition) is 1. The molecular formula is C32H27NO2S. The number of hydrogen-bond acceptors (Lipinski definition) is 3. The van der Waals surface area contributed by atoms with Crippen LogP contribution in [0.15, 0.2) is 72.8 Å². The van der Waals surface area contributed by atoms with Crippen molar-refractivity contribution >= 4 is 34.6 Å². The number of anilines is 1. The minimum absolute atomic E-state index is 0.0199. The number of carbonyl (C=O) groups is 1. The molecule has 1 amide bonds. The average Bonchev–Trinajstić information content (AvgIpc) is 3.67. The van der Waals surface area contributed by atoms with Crippen LogP contribution in [0.5, 0.6) is 0 Å². The predicted molar refractivity (Wildman–Crippen MR) is 147 cm³/mol. The monoisotopic (exact) mass is 489 g/mol. The quantitative estimate of drug-likeness (QED) is 0.235. The van der Waals surface area contributed by atoms with Crippen molar-refractivity contribution < 1.29 is 10.0 Å². The molecular weight excluding hydrogens is 462 g/mol. The minimum Gasteiger partial charge on any atom is -0.281 e. The van der Waals surface area contributed by atoms with E-state index >= 15 is 0 Å². The zero-order valence-electron chi connectivity index (χ0n) is 20.0. The van der Waals surface area contributed by atoms with Gasteiger partial charge in [0.05, 0.1) is 5.69 Å². The van der Waals surface area contributed by atoms with Crippen LogP contribution in [-0.4, -0.2) is 11.1 Å². The van der Waals surface area contributed by atoms with Crippen LogP contribution in [0.4, 0.5) is 5.69 Å². The van der Waals surface area contributed by atoms with Crippen LogP contribution >= 0.6 is 11.3 Å². The molecule has 0 bridgehead atoms. The molecule has 7 rings (SSSR count). The summed E-state index contributed by atoms with van der Waals surface area (Å²) in [5.41, 5.74) is 11.7. The lowest BCUT2D eigenvalue weighted by Gasteiger charge is -2.26. The maximum absolute atomic E-state index is 12.3. The summed E-state index contributed by atoms with van der Waals surface area (Å²) in [7, 11) is 0. The van der Waals surface area contributed by atoms with Gasteiger partial charge in [-0.3, -0.25) is 10.0 Å². The Morgan fingerprint density at radius 3 is 2.53 bits per heavy atom. The first-order valence-corrected chi connectivity index (χ1v) is 13.6. The van der Waals surface area contributed by atoms with E-state index in [2.05, 4.69) is 54.6 Å². The van der Waals surface area contributed by atoms with Gasteiger partial charge in [0.15, 0.2) is 0 Å². The number of aryl methyl sites for hydroxylation is 1. The second-order valence-electron chi connectivity index (χ2n) is 10.1. The molecule has 0 radical (unpaired) electrons. The second-order valence-corrected chi connectivity index (χ2v) is 11.2. The number of carbonyl (C=O) groups excluding carboxylic acids is 1. The van der Waals surface area contributed by atoms with Gasteiger partial charge in [-0.25, -0.2) is 0 Å². The molecule has 3 nitrogen and oxygen atoms in total. The van der Waals surface area contributed by atoms with Crippen LogP contribution in [0.3, 0.4) is 0 Å². The summed E-state index contributed by atoms with van der Waals surface area (Å²) in [5.74, 6) is -0.218. The van der Waals surface area contributed by atoms with E-state index in [-0.39, 0.29) is 11.8 Å². The highest BCUT2D eigenvalue weighted by Crippen LogP contribution is 2.42. The fraction of sp³-hybridized carbons (Fsp3) is 0.219. The summed E-state index contributed by atoms with van der Waals surface area (Å²) in [6, 6.07) is 25.5. The lowest BCUT2D eigenvalue weighted by Crippen LogP contribution is -2.28. The first-order chi connectivity index (χ1) is 17.7. The normalized spacial score (nSPS) is 16.0. The number of rotatable bonds is 4. The zero-order valence-corrected chi connectivity index (χ0v) is 20.9. The van der Waals surface area contributed by atoms with E-state index in [0.717, 1.165) is 54.0 Å². The van der Waals surface area contributed by atoms with Crippen LogP contribution < -0.4 is 5.06 Å². The van der Waals surface area contributed by atoms with Gasteiger partial charge in [0, 0.05) is 15.7 Å². The van der Waals surface area contributed by atoms with Crippen molar-refractivity contribution in [2.24, 2.45) is 5.92 Å². The van der Waals surface area contributed by atoms with E-state index in [0.29, 0.717) is 5.69 Å². The van der Waals surface area contributed by atoms with Crippen LogP contribution in [0.1, 0.15) is 46.4 Å². The first-order valence-electron chi connectivity index (χ1n) is 12.8. The molecule has 36 heavy (non-hydrogen) atoms. The summed E-state index contributed by atoms with van der Waals surface area (Å²) in [6.07, 6.45) is 8.51. The Hall–Kier alpha value is -3.47. The van der Waals surface area contributed by atoms with Gasteiger partial charge >= 0.3 is 0 Å². The van der Waals surface area contributed by atoms with E-state index in [9.17, 15) is 10.0 Å². The summed E-state index contributed by atoms with van der Waals surface area (Å²) < 4.78 is 0. The number of thiophene rings is 1. The molecule has 1 heterocycles. The molecule has 0 saturated heterocycles. The van der Waals surface area contributed by atoms with E-state index < -0.39 is 0 Å². The first kappa shape index (κ1) is 21.8. The molecule has 4 aromatic rings. The van der Waals surface area contributed by atoms with E-state index in [1.165, 1.54) is 38.3 Å². The number of allylic oxidation sites excluding steroid dienone is 1. The standard InChI is InChI=1S/C32H27NO2S/c34-32(21-8-9-21)33(35)25-6-3-5-23(19-25)30-16-17-31(36-30)24-12-13-27-22(18-24)11-15-28-26-7-2-1-4-20(26)10-14-29(27)28/h1-7,11,15-19,21,35H,8-10,12-14H2. The fourth-order valence-electron chi connectivity index (χ4n) is 5.74. The third kappa shape index (κ3) is 3.73. The lowest BCUT2D eigenvalue weighted by molar-refractivity contribution is -0.124. The largest absolute Gasteiger partial charge is 0.281 e. The fourth-order valence-corrected chi connectivity index (χ4v) is 6.79. The average molecular weight is 490 g/mol. The third-order valence-electron chi connectivity index (χ3n) is 7.83. The molecule has 1 fully saturated rings. The Morgan fingerprint density at radius 1 is 0.806 bits per heavy atom. The lowest BCUT2D eigenvalue weighted by atomic mass is 9.78. The molecule has 0 atom stereocenters. The van der Waals surface area contributed by atoms with E-state index in [1.807, 2.05) is 18.2 Å². The van der Waals surface area contributed by atoms with Crippen LogP contribution in [-0.2, 0) is 24.1 Å². The second kappa shape index (κ2) is 8.58. The maximum Gasteiger partial charge on any atom is 0.253 e. The molecule has 3 aliphatic rings. The molecule has 4 heteroatoms. The van der Waals surface area contributed by atoms with Gasteiger partial charge in [0.25, 0.3) is 5.91 Å². The zero-order chi connectivity index (χ0) is 24.2. The molecule has 3 aromatic carbocycles. The van der Waals surface area contributed by atoms with Crippen LogP contribution in [0.2, 0.25) is 0 Å². The van der Waals surface area contributed by atoms with Gasteiger partial charge in [0.2, 0.25) is 0 Å². The van der Waals surface area contributed by atoms with Crippen molar-refractivity contribution in [3.63, 3.8) is 0 Å². The van der Waals surface area contributed by atoms with Crippen molar-refractivity contribution in [1.29, 1.82) is 0 Å². The smallest absolute Gasteiger partial charge is 0.253 e. The predicted octanol–water partition coefficient (Wildman–Crippen LogP) is 7.80. The van der Waals surface area contributed by atoms with Gasteiger partial charge in [-0.2, -0.15) is 5.06 Å². The third-order valence-corrected chi connectivity index (χ3v) is 9.04. The maximum atomic E-state index is 12.3. The number of benzene rings is 3. The Balaban J connectivity index is 1.18. The van der Waals surface area contributed by atoms with Crippen molar-refractivity contribution in [1.82, 2.24) is 0 Å². The van der Waals surface area contributed by atoms with Gasteiger partial charge in [-0.05, 0) is 107 Å². The molecule has 1 saturated carbocycles. The summed E-state index contributed by atoms with van der Waals surface area (Å²) in [4.78, 5) is 14.7. The van der Waals surface area contributed by atoms with Gasteiger partial charge in [-0.1, -0.05) is 54.6 Å². The molecule has 0 spiro atoms. The Bertz CT molecular complexity index is 1540. The SMILES string of the molecule is O=C(C1CC1)N(O)c1cccc(-c2ccc(C3=Cc4ccc5c(c4CC3)CCc3ccccc3-5)s2)c1. The van der Waals surface area contributed by atoms with Crippen LogP contribution in [0, 0.1) is 5.92 Å². The molecule has 0 aliphatic heterocycles. The molecule has 0 unspecified atom stereocenters. The Kier molecular flexibility index (Phi) is 5.19. The molecule has 1 N–H and O–H groups in total. The van der Waals surface area contributed by atoms with E-state index in [4.69, 9.17) is 0 Å². The highest BCUT2D eigenvalue weighted by atomic mass is 32.1. The number of hydroxylamine groups is 1. The topological polar surface area (TPSA) is 40.5 Å². The van der Waals surface area contributed by atoms with Crippen molar-refractivity contribution in [3.8, 4) is 21.6 Å². The molecule has 1 aromatic heterocycles. The van der Waals surface area contributed by atoms with Gasteiger partial charge < -0.3 is 0 Å². The molecule has 3 aliphatic carbocycles. The summed E-state index contributed by atoms with van der Waals surface area (Å²) >= 11 is 1.78. The highest BCUT2D eigenvalue weighted by molar-refractivity contribution is 7.16. The van der Waals surface area contributed by atoms with Crippen molar-refractivity contribution in [2.45, 2.75) is 38.5 Å². The minimum atomic E-state index is -0.198. The highest BCUT2D eigenvalue weighted by Gasteiger charge is 2.34. The summed E-state index contributed by atoms with van der Waals surface area (Å²) in [5, 5.41) is 11.2. The number of nitrogens with zero attached hydrogens (tertiary/aromatic N) is 1. The van der Waals surface area contributed by atoms with Gasteiger partial charge in [-0.15, -0.1) is 11.3 Å². The van der Waals surface area contributed by atoms with E-state index in [1.54, 1.807) is 23.0 Å². The number of fused-ring (bicyclic) bond motifs is 5. The Labute approximate surface area is 215 Å². The van der Waals surface area contributed by atoms with Crippen LogP contribution in [0.25, 0.3) is 33.2 Å². The summed E-state index contributed by atoms with van der Waals surface area (Å²) in [6.45, 7) is 0. The Morgan fingerprint density at radius 2 is 1.64 bits per heavy atom.